The first-order chi connectivity index (χ1) is 13.0. The maximum atomic E-state index is 13.4. The van der Waals surface area contributed by atoms with E-state index in [2.05, 4.69) is 10.2 Å². The van der Waals surface area contributed by atoms with Crippen LogP contribution in [0.15, 0.2) is 35.1 Å². The van der Waals surface area contributed by atoms with Crippen LogP contribution in [0.1, 0.15) is 16.1 Å². The summed E-state index contributed by atoms with van der Waals surface area (Å²) >= 11 is 0. The zero-order chi connectivity index (χ0) is 19.4. The lowest BCUT2D eigenvalue weighted by Gasteiger charge is -2.34. The fourth-order valence-corrected chi connectivity index (χ4v) is 2.94. The van der Waals surface area contributed by atoms with Gasteiger partial charge < -0.3 is 14.5 Å². The molecule has 2 aromatic rings. The number of nitrogens with zero attached hydrogens (tertiary/aromatic N) is 3. The van der Waals surface area contributed by atoms with Crippen molar-refractivity contribution in [1.29, 1.82) is 0 Å². The minimum absolute atomic E-state index is 0.0242. The van der Waals surface area contributed by atoms with Crippen molar-refractivity contribution in [3.63, 3.8) is 0 Å². The number of nitrogens with one attached hydrogen (secondary N) is 1. The van der Waals surface area contributed by atoms with Gasteiger partial charge in [-0.3, -0.25) is 14.4 Å². The number of hydrogen-bond donors (Lipinski definition) is 1. The van der Waals surface area contributed by atoms with Crippen molar-refractivity contribution in [2.45, 2.75) is 6.42 Å². The highest BCUT2D eigenvalue weighted by Crippen LogP contribution is 2.21. The van der Waals surface area contributed by atoms with Crippen LogP contribution in [0.2, 0.25) is 0 Å². The number of halogens is 1. The van der Waals surface area contributed by atoms with Crippen LogP contribution in [-0.4, -0.2) is 65.1 Å². The van der Waals surface area contributed by atoms with Crippen molar-refractivity contribution in [2.24, 2.45) is 0 Å². The molecule has 1 aliphatic heterocycles. The van der Waals surface area contributed by atoms with Gasteiger partial charge in [-0.05, 0) is 24.3 Å². The summed E-state index contributed by atoms with van der Waals surface area (Å²) in [4.78, 5) is 39.1. The molecule has 27 heavy (non-hydrogen) atoms. The Hall–Kier alpha value is -3.23. The van der Waals surface area contributed by atoms with E-state index >= 15 is 0 Å². The van der Waals surface area contributed by atoms with E-state index in [1.807, 2.05) is 0 Å². The quantitative estimate of drug-likeness (QED) is 0.838. The van der Waals surface area contributed by atoms with Crippen molar-refractivity contribution in [3.8, 4) is 5.75 Å². The lowest BCUT2D eigenvalue weighted by atomic mass is 10.1. The fraction of sp³-hybridized carbons (Fsp3) is 0.333. The number of aromatic amines is 1. The molecule has 0 atom stereocenters. The highest BCUT2D eigenvalue weighted by molar-refractivity contribution is 5.92. The second-order valence-electron chi connectivity index (χ2n) is 6.11. The summed E-state index contributed by atoms with van der Waals surface area (Å²) in [5, 5.41) is 5.96. The van der Waals surface area contributed by atoms with Crippen molar-refractivity contribution >= 4 is 11.8 Å². The summed E-state index contributed by atoms with van der Waals surface area (Å²) in [7, 11) is 1.47. The number of hydrogen-bond acceptors (Lipinski definition) is 5. The Kier molecular flexibility index (Phi) is 5.49. The molecule has 0 saturated carbocycles. The van der Waals surface area contributed by atoms with E-state index in [-0.39, 0.29) is 29.5 Å². The summed E-state index contributed by atoms with van der Waals surface area (Å²) in [6.07, 6.45) is 0.0242. The molecular weight excluding hydrogens is 355 g/mol. The first-order valence-electron chi connectivity index (χ1n) is 8.43. The summed E-state index contributed by atoms with van der Waals surface area (Å²) in [5.41, 5.74) is 0.257. The summed E-state index contributed by atoms with van der Waals surface area (Å²) < 4.78 is 18.6. The molecule has 1 aliphatic rings. The van der Waals surface area contributed by atoms with E-state index in [1.165, 1.54) is 37.4 Å². The molecule has 2 heterocycles. The molecular formula is C18H19FN4O4. The normalized spacial score (nSPS) is 14.1. The van der Waals surface area contributed by atoms with Gasteiger partial charge in [-0.2, -0.15) is 5.10 Å². The van der Waals surface area contributed by atoms with E-state index in [1.54, 1.807) is 9.80 Å². The average Bonchev–Trinajstić information content (AvgIpc) is 2.68. The molecule has 142 valence electrons. The Labute approximate surface area is 154 Å². The minimum Gasteiger partial charge on any atom is -0.496 e. The highest BCUT2D eigenvalue weighted by Gasteiger charge is 2.26. The number of amides is 2. The number of carbonyl (C=O) groups excluding carboxylic acids is 2. The van der Waals surface area contributed by atoms with Crippen LogP contribution >= 0.6 is 0 Å². The van der Waals surface area contributed by atoms with Crippen LogP contribution in [0.4, 0.5) is 4.39 Å². The number of piperazine rings is 1. The van der Waals surface area contributed by atoms with Crippen LogP contribution in [0.25, 0.3) is 0 Å². The summed E-state index contributed by atoms with van der Waals surface area (Å²) in [6.45, 7) is 1.44. The van der Waals surface area contributed by atoms with Crippen LogP contribution in [0, 0.1) is 5.82 Å². The Bertz CT molecular complexity index is 886. The van der Waals surface area contributed by atoms with E-state index < -0.39 is 5.82 Å². The predicted molar refractivity (Wildman–Crippen MR) is 94.0 cm³/mol. The molecule has 2 amide bonds. The molecule has 1 aromatic heterocycles. The van der Waals surface area contributed by atoms with Gasteiger partial charge in [0.05, 0.1) is 13.5 Å². The SMILES string of the molecule is COc1ccc(F)cc1CC(=O)N1CCN(C(=O)c2ccc(=O)[nH]n2)CC1. The molecule has 8 nitrogen and oxygen atoms in total. The number of ether oxygens (including phenoxy) is 1. The third kappa shape index (κ3) is 4.30. The summed E-state index contributed by atoms with van der Waals surface area (Å²) in [5.74, 6) is -0.427. The number of benzene rings is 1. The fourth-order valence-electron chi connectivity index (χ4n) is 2.94. The molecule has 9 heteroatoms. The number of methoxy groups -OCH3 is 1. The van der Waals surface area contributed by atoms with Gasteiger partial charge in [0, 0.05) is 37.8 Å². The monoisotopic (exact) mass is 374 g/mol. The van der Waals surface area contributed by atoms with Crippen molar-refractivity contribution in [3.05, 3.63) is 57.8 Å². The lowest BCUT2D eigenvalue weighted by Crippen LogP contribution is -2.51. The van der Waals surface area contributed by atoms with Gasteiger partial charge >= 0.3 is 0 Å². The molecule has 0 bridgehead atoms. The molecule has 1 fully saturated rings. The van der Waals surface area contributed by atoms with Gasteiger partial charge in [-0.25, -0.2) is 9.49 Å². The van der Waals surface area contributed by atoms with Crippen LogP contribution in [0.5, 0.6) is 5.75 Å². The minimum atomic E-state index is -0.428. The molecule has 0 aliphatic carbocycles. The molecule has 1 N–H and O–H groups in total. The Balaban J connectivity index is 1.59. The first-order valence-corrected chi connectivity index (χ1v) is 8.43. The number of carbonyl (C=O) groups is 2. The zero-order valence-corrected chi connectivity index (χ0v) is 14.8. The maximum absolute atomic E-state index is 13.4. The highest BCUT2D eigenvalue weighted by atomic mass is 19.1. The van der Waals surface area contributed by atoms with Crippen molar-refractivity contribution in [1.82, 2.24) is 20.0 Å². The standard InChI is InChI=1S/C18H19FN4O4/c1-27-15-4-2-13(19)10-12(15)11-17(25)22-6-8-23(9-7-22)18(26)14-3-5-16(24)21-20-14/h2-5,10H,6-9,11H2,1H3,(H,21,24). The van der Waals surface area contributed by atoms with Crippen LogP contribution < -0.4 is 10.3 Å². The molecule has 1 aromatic carbocycles. The first kappa shape index (κ1) is 18.6. The Morgan fingerprint density at radius 2 is 1.85 bits per heavy atom. The zero-order valence-electron chi connectivity index (χ0n) is 14.8. The molecule has 0 radical (unpaired) electrons. The van der Waals surface area contributed by atoms with E-state index in [9.17, 15) is 18.8 Å². The predicted octanol–water partition coefficient (Wildman–Crippen LogP) is 0.445. The number of H-pyrrole nitrogens is 1. The third-order valence-electron chi connectivity index (χ3n) is 4.40. The van der Waals surface area contributed by atoms with Gasteiger partial charge in [-0.1, -0.05) is 0 Å². The second-order valence-corrected chi connectivity index (χ2v) is 6.11. The van der Waals surface area contributed by atoms with Gasteiger partial charge in [0.15, 0.2) is 0 Å². The van der Waals surface area contributed by atoms with Gasteiger partial charge in [0.2, 0.25) is 5.91 Å². The molecule has 0 unspecified atom stereocenters. The topological polar surface area (TPSA) is 95.6 Å². The van der Waals surface area contributed by atoms with Crippen LogP contribution in [-0.2, 0) is 11.2 Å². The van der Waals surface area contributed by atoms with Crippen molar-refractivity contribution in [2.75, 3.05) is 33.3 Å². The van der Waals surface area contributed by atoms with Crippen molar-refractivity contribution < 1.29 is 18.7 Å². The smallest absolute Gasteiger partial charge is 0.274 e. The Morgan fingerprint density at radius 3 is 2.48 bits per heavy atom. The van der Waals surface area contributed by atoms with Crippen LogP contribution in [0.3, 0.4) is 0 Å². The van der Waals surface area contributed by atoms with E-state index in [0.29, 0.717) is 37.5 Å². The largest absolute Gasteiger partial charge is 0.496 e. The molecule has 3 rings (SSSR count). The molecule has 0 spiro atoms. The van der Waals surface area contributed by atoms with Gasteiger partial charge in [-0.15, -0.1) is 0 Å². The second kappa shape index (κ2) is 7.98. The maximum Gasteiger partial charge on any atom is 0.274 e. The third-order valence-corrected chi connectivity index (χ3v) is 4.40. The summed E-state index contributed by atoms with van der Waals surface area (Å²) in [6, 6.07) is 6.67. The number of aromatic nitrogens is 2. The van der Waals surface area contributed by atoms with Gasteiger partial charge in [0.25, 0.3) is 11.5 Å². The lowest BCUT2D eigenvalue weighted by molar-refractivity contribution is -0.131. The van der Waals surface area contributed by atoms with E-state index in [0.717, 1.165) is 0 Å². The van der Waals surface area contributed by atoms with Gasteiger partial charge in [0.1, 0.15) is 17.3 Å². The molecule has 1 saturated heterocycles. The number of rotatable bonds is 4. The van der Waals surface area contributed by atoms with E-state index in [4.69, 9.17) is 4.74 Å². The average molecular weight is 374 g/mol. The Morgan fingerprint density at radius 1 is 1.15 bits per heavy atom.